The van der Waals surface area contributed by atoms with Crippen molar-refractivity contribution in [3.63, 3.8) is 0 Å². The minimum Gasteiger partial charge on any atom is -0.387 e. The zero-order valence-electron chi connectivity index (χ0n) is 11.6. The molecule has 0 bridgehead atoms. The average Bonchev–Trinajstić information content (AvgIpc) is 2.70. The lowest BCUT2D eigenvalue weighted by Crippen LogP contribution is -2.37. The highest BCUT2D eigenvalue weighted by atomic mass is 16.6. The molecule has 8 heteroatoms. The summed E-state index contributed by atoms with van der Waals surface area (Å²) in [5, 5.41) is 16.4. The molecule has 1 aliphatic rings. The quantitative estimate of drug-likeness (QED) is 0.627. The minimum atomic E-state index is -0.550. The van der Waals surface area contributed by atoms with Gasteiger partial charge in [-0.25, -0.2) is 0 Å². The van der Waals surface area contributed by atoms with Gasteiger partial charge in [-0.15, -0.1) is 0 Å². The molecule has 21 heavy (non-hydrogen) atoms. The van der Waals surface area contributed by atoms with E-state index < -0.39 is 4.92 Å². The van der Waals surface area contributed by atoms with E-state index in [2.05, 4.69) is 10.6 Å². The van der Waals surface area contributed by atoms with Gasteiger partial charge in [-0.1, -0.05) is 0 Å². The van der Waals surface area contributed by atoms with Crippen LogP contribution in [0.4, 0.5) is 11.4 Å². The SMILES string of the molecule is CNc1ccc([N+](=O)[O-])cc1C(=O)N1CCCNC(=O)C1. The summed E-state index contributed by atoms with van der Waals surface area (Å²) in [4.78, 5) is 35.8. The molecular formula is C13H16N4O4. The van der Waals surface area contributed by atoms with Crippen molar-refractivity contribution in [2.45, 2.75) is 6.42 Å². The van der Waals surface area contributed by atoms with Crippen LogP contribution < -0.4 is 10.6 Å². The summed E-state index contributed by atoms with van der Waals surface area (Å²) in [6.07, 6.45) is 0.654. The van der Waals surface area contributed by atoms with E-state index in [1.807, 2.05) is 0 Å². The molecule has 0 atom stereocenters. The first-order chi connectivity index (χ1) is 10.0. The van der Waals surface area contributed by atoms with Gasteiger partial charge < -0.3 is 15.5 Å². The van der Waals surface area contributed by atoms with Gasteiger partial charge in [0, 0.05) is 38.0 Å². The Morgan fingerprint density at radius 2 is 2.24 bits per heavy atom. The number of benzene rings is 1. The third-order valence-corrected chi connectivity index (χ3v) is 3.26. The summed E-state index contributed by atoms with van der Waals surface area (Å²) in [5.74, 6) is -0.614. The predicted molar refractivity (Wildman–Crippen MR) is 76.2 cm³/mol. The van der Waals surface area contributed by atoms with Crippen LogP contribution in [0.5, 0.6) is 0 Å². The Bertz CT molecular complexity index is 588. The van der Waals surface area contributed by atoms with Crippen molar-refractivity contribution in [1.82, 2.24) is 10.2 Å². The lowest BCUT2D eigenvalue weighted by atomic mass is 10.1. The number of carbonyl (C=O) groups is 2. The number of non-ortho nitro benzene ring substituents is 1. The first kappa shape index (κ1) is 14.8. The molecule has 112 valence electrons. The number of hydrogen-bond donors (Lipinski definition) is 2. The third kappa shape index (κ3) is 3.28. The lowest BCUT2D eigenvalue weighted by Gasteiger charge is -2.20. The molecule has 0 aliphatic carbocycles. The number of nitrogens with one attached hydrogen (secondary N) is 2. The molecule has 2 rings (SSSR count). The summed E-state index contributed by atoms with van der Waals surface area (Å²) in [7, 11) is 1.63. The fraction of sp³-hybridized carbons (Fsp3) is 0.385. The number of nitro groups is 1. The molecule has 0 spiro atoms. The van der Waals surface area contributed by atoms with Gasteiger partial charge in [0.25, 0.3) is 11.6 Å². The Hall–Kier alpha value is -2.64. The van der Waals surface area contributed by atoms with E-state index in [9.17, 15) is 19.7 Å². The number of anilines is 1. The Morgan fingerprint density at radius 3 is 2.90 bits per heavy atom. The molecule has 8 nitrogen and oxygen atoms in total. The van der Waals surface area contributed by atoms with E-state index in [0.717, 1.165) is 0 Å². The molecule has 0 radical (unpaired) electrons. The van der Waals surface area contributed by atoms with Crippen LogP contribution in [0.15, 0.2) is 18.2 Å². The normalized spacial score (nSPS) is 15.1. The zero-order valence-corrected chi connectivity index (χ0v) is 11.6. The molecule has 1 saturated heterocycles. The number of nitro benzene ring substituents is 1. The van der Waals surface area contributed by atoms with Gasteiger partial charge in [-0.05, 0) is 12.5 Å². The second-order valence-corrected chi connectivity index (χ2v) is 4.67. The van der Waals surface area contributed by atoms with Crippen LogP contribution in [0.2, 0.25) is 0 Å². The van der Waals surface area contributed by atoms with Crippen molar-refractivity contribution in [1.29, 1.82) is 0 Å². The first-order valence-electron chi connectivity index (χ1n) is 6.55. The molecule has 1 aromatic rings. The average molecular weight is 292 g/mol. The van der Waals surface area contributed by atoms with Crippen molar-refractivity contribution < 1.29 is 14.5 Å². The summed E-state index contributed by atoms with van der Waals surface area (Å²) in [6, 6.07) is 4.05. The summed E-state index contributed by atoms with van der Waals surface area (Å²) in [5.41, 5.74) is 0.535. The standard InChI is InChI=1S/C13H16N4O4/c1-14-11-4-3-9(17(20)21)7-10(11)13(19)16-6-2-5-15-12(18)8-16/h3-4,7,14H,2,5-6,8H2,1H3,(H,15,18). The van der Waals surface area contributed by atoms with Crippen LogP contribution in [0, 0.1) is 10.1 Å². The number of nitrogens with zero attached hydrogens (tertiary/aromatic N) is 2. The number of carbonyl (C=O) groups excluding carboxylic acids is 2. The Labute approximate surface area is 121 Å². The van der Waals surface area contributed by atoms with Crippen molar-refractivity contribution in [3.05, 3.63) is 33.9 Å². The van der Waals surface area contributed by atoms with Crippen molar-refractivity contribution in [2.75, 3.05) is 32.0 Å². The Kier molecular flexibility index (Phi) is 4.36. The summed E-state index contributed by atoms with van der Waals surface area (Å²) < 4.78 is 0. The molecule has 1 fully saturated rings. The summed E-state index contributed by atoms with van der Waals surface area (Å²) in [6.45, 7) is 0.921. The maximum Gasteiger partial charge on any atom is 0.270 e. The van der Waals surface area contributed by atoms with E-state index in [1.54, 1.807) is 7.05 Å². The summed E-state index contributed by atoms with van der Waals surface area (Å²) >= 11 is 0. The number of hydrogen-bond acceptors (Lipinski definition) is 5. The molecular weight excluding hydrogens is 276 g/mol. The van der Waals surface area contributed by atoms with Crippen molar-refractivity contribution in [3.8, 4) is 0 Å². The van der Waals surface area contributed by atoms with Crippen LogP contribution >= 0.6 is 0 Å². The highest BCUT2D eigenvalue weighted by Gasteiger charge is 2.24. The molecule has 0 saturated carbocycles. The van der Waals surface area contributed by atoms with E-state index in [1.165, 1.54) is 23.1 Å². The van der Waals surface area contributed by atoms with Crippen LogP contribution in [0.1, 0.15) is 16.8 Å². The van der Waals surface area contributed by atoms with Gasteiger partial charge in [0.05, 0.1) is 17.0 Å². The van der Waals surface area contributed by atoms with Crippen molar-refractivity contribution >= 4 is 23.2 Å². The van der Waals surface area contributed by atoms with Crippen LogP contribution in [-0.2, 0) is 4.79 Å². The Balaban J connectivity index is 2.34. The molecule has 2 amide bonds. The van der Waals surface area contributed by atoms with Crippen LogP contribution in [0.25, 0.3) is 0 Å². The highest BCUT2D eigenvalue weighted by molar-refractivity contribution is 6.01. The predicted octanol–water partition coefficient (Wildman–Crippen LogP) is 0.599. The van der Waals surface area contributed by atoms with Gasteiger partial charge in [-0.2, -0.15) is 0 Å². The third-order valence-electron chi connectivity index (χ3n) is 3.26. The number of amides is 2. The van der Waals surface area contributed by atoms with E-state index in [-0.39, 0.29) is 29.6 Å². The molecule has 1 heterocycles. The van der Waals surface area contributed by atoms with Gasteiger partial charge in [0.2, 0.25) is 5.91 Å². The van der Waals surface area contributed by atoms with Gasteiger partial charge >= 0.3 is 0 Å². The molecule has 1 aromatic carbocycles. The fourth-order valence-electron chi connectivity index (χ4n) is 2.19. The number of rotatable bonds is 3. The van der Waals surface area contributed by atoms with E-state index >= 15 is 0 Å². The molecule has 2 N–H and O–H groups in total. The van der Waals surface area contributed by atoms with Gasteiger partial charge in [0.15, 0.2) is 0 Å². The Morgan fingerprint density at radius 1 is 1.48 bits per heavy atom. The molecule has 0 unspecified atom stereocenters. The minimum absolute atomic E-state index is 0.0370. The first-order valence-corrected chi connectivity index (χ1v) is 6.55. The zero-order chi connectivity index (χ0) is 15.4. The maximum atomic E-state index is 12.5. The maximum absolute atomic E-state index is 12.5. The monoisotopic (exact) mass is 292 g/mol. The highest BCUT2D eigenvalue weighted by Crippen LogP contribution is 2.23. The fourth-order valence-corrected chi connectivity index (χ4v) is 2.19. The van der Waals surface area contributed by atoms with Crippen LogP contribution in [0.3, 0.4) is 0 Å². The van der Waals surface area contributed by atoms with E-state index in [4.69, 9.17) is 0 Å². The largest absolute Gasteiger partial charge is 0.387 e. The van der Waals surface area contributed by atoms with E-state index in [0.29, 0.717) is 25.2 Å². The van der Waals surface area contributed by atoms with Gasteiger partial charge in [-0.3, -0.25) is 19.7 Å². The lowest BCUT2D eigenvalue weighted by molar-refractivity contribution is -0.384. The molecule has 1 aliphatic heterocycles. The van der Waals surface area contributed by atoms with Crippen LogP contribution in [-0.4, -0.2) is 48.3 Å². The second kappa shape index (κ2) is 6.21. The topological polar surface area (TPSA) is 105 Å². The van der Waals surface area contributed by atoms with Crippen molar-refractivity contribution in [2.24, 2.45) is 0 Å². The van der Waals surface area contributed by atoms with Gasteiger partial charge in [0.1, 0.15) is 0 Å². The second-order valence-electron chi connectivity index (χ2n) is 4.67. The molecule has 0 aromatic heterocycles. The smallest absolute Gasteiger partial charge is 0.270 e.